The Kier molecular flexibility index (Phi) is 13.7. The number of hydrogen-bond donors (Lipinski definition) is 2. The van der Waals surface area contributed by atoms with Crippen LogP contribution in [0.25, 0.3) is 17.0 Å². The predicted molar refractivity (Wildman–Crippen MR) is 160 cm³/mol. The van der Waals surface area contributed by atoms with Crippen molar-refractivity contribution < 1.29 is 18.3 Å². The molecule has 0 amide bonds. The smallest absolute Gasteiger partial charge is 0.238 e. The van der Waals surface area contributed by atoms with Gasteiger partial charge in [-0.15, -0.1) is 0 Å². The molecule has 0 saturated heterocycles. The largest absolute Gasteiger partial charge is 0.490 e. The van der Waals surface area contributed by atoms with Gasteiger partial charge in [0.25, 0.3) is 0 Å². The van der Waals surface area contributed by atoms with E-state index < -0.39 is 6.43 Å². The highest BCUT2D eigenvalue weighted by atomic mass is 31.0. The molecule has 9 nitrogen and oxygen atoms in total. The lowest BCUT2D eigenvalue weighted by Crippen LogP contribution is -2.18. The van der Waals surface area contributed by atoms with Crippen LogP contribution >= 0.6 is 9.12 Å². The monoisotopic (exact) mass is 571 g/mol. The van der Waals surface area contributed by atoms with Crippen LogP contribution in [0, 0.1) is 5.41 Å². The summed E-state index contributed by atoms with van der Waals surface area (Å²) in [6.07, 6.45) is 7.02. The van der Waals surface area contributed by atoms with Gasteiger partial charge in [0, 0.05) is 55.2 Å². The molecule has 3 aromatic rings. The number of rotatable bonds is 5. The summed E-state index contributed by atoms with van der Waals surface area (Å²) in [5.41, 5.74) is 2.73. The third-order valence-electron chi connectivity index (χ3n) is 5.75. The first-order valence-electron chi connectivity index (χ1n) is 13.0. The molecule has 3 aromatic heterocycles. The number of allylic oxidation sites excluding steroid dienone is 2. The van der Waals surface area contributed by atoms with Crippen molar-refractivity contribution in [2.75, 3.05) is 11.9 Å². The van der Waals surface area contributed by atoms with E-state index >= 15 is 0 Å². The lowest BCUT2D eigenvalue weighted by Gasteiger charge is -2.20. The summed E-state index contributed by atoms with van der Waals surface area (Å²) >= 11 is 0. The number of alkyl halides is 2. The van der Waals surface area contributed by atoms with E-state index in [1.807, 2.05) is 49.1 Å². The first kappa shape index (κ1) is 32.8. The quantitative estimate of drug-likeness (QED) is 0.207. The van der Waals surface area contributed by atoms with Crippen molar-refractivity contribution in [1.29, 1.82) is 5.41 Å². The molecule has 2 N–H and O–H groups in total. The Balaban J connectivity index is 0.000000545. The summed E-state index contributed by atoms with van der Waals surface area (Å²) in [6.45, 7) is 8.00. The molecule has 40 heavy (non-hydrogen) atoms. The van der Waals surface area contributed by atoms with E-state index in [0.29, 0.717) is 54.2 Å². The van der Waals surface area contributed by atoms with Crippen LogP contribution in [0.3, 0.4) is 0 Å². The van der Waals surface area contributed by atoms with Crippen molar-refractivity contribution in [2.24, 2.45) is 7.05 Å². The van der Waals surface area contributed by atoms with Gasteiger partial charge in [-0.1, -0.05) is 19.4 Å². The molecule has 4 rings (SSSR count). The zero-order chi connectivity index (χ0) is 29.7. The van der Waals surface area contributed by atoms with Crippen LogP contribution in [-0.2, 0) is 7.05 Å². The second-order valence-electron chi connectivity index (χ2n) is 8.87. The molecular formula is C27H37BF2N7O2P. The van der Waals surface area contributed by atoms with Crippen LogP contribution < -0.4 is 14.8 Å². The van der Waals surface area contributed by atoms with Gasteiger partial charge in [-0.3, -0.25) is 0 Å². The first-order valence-corrected chi connectivity index (χ1v) is 13.7. The third kappa shape index (κ3) is 9.36. The molecule has 4 heterocycles. The molecular weight excluding hydrogens is 534 g/mol. The second-order valence-corrected chi connectivity index (χ2v) is 8.87. The Bertz CT molecular complexity index is 1270. The summed E-state index contributed by atoms with van der Waals surface area (Å²) in [6, 6.07) is 3.60. The SMILES string of the molecule is C/C=C(\C(C)=N)c1cnc2cc1O[C@@H](C)CCOc1c(cnn1C)-c1nccc(n1)N2.CCCCC(F)F.[B]P. The number of nitrogens with zero attached hydrogens (tertiary/aromatic N) is 5. The lowest BCUT2D eigenvalue weighted by atomic mass is 10.0. The zero-order valence-corrected chi connectivity index (χ0v) is 24.8. The molecule has 214 valence electrons. The molecule has 13 heteroatoms. The van der Waals surface area contributed by atoms with E-state index in [9.17, 15) is 8.78 Å². The average molecular weight is 571 g/mol. The molecule has 0 aromatic carbocycles. The second kappa shape index (κ2) is 16.6. The molecule has 0 spiro atoms. The summed E-state index contributed by atoms with van der Waals surface area (Å²) in [5, 5.41) is 15.6. The van der Waals surface area contributed by atoms with Crippen LogP contribution in [0.2, 0.25) is 0 Å². The average Bonchev–Trinajstić information content (AvgIpc) is 3.30. The summed E-state index contributed by atoms with van der Waals surface area (Å²) in [7, 11) is 8.16. The Hall–Kier alpha value is -3.40. The van der Waals surface area contributed by atoms with Gasteiger partial charge < -0.3 is 20.2 Å². The number of hydrogen-bond acceptors (Lipinski definition) is 8. The number of aromatic nitrogens is 5. The number of aryl methyl sites for hydroxylation is 1. The predicted octanol–water partition coefficient (Wildman–Crippen LogP) is 6.40. The van der Waals surface area contributed by atoms with Crippen LogP contribution in [0.5, 0.6) is 11.6 Å². The van der Waals surface area contributed by atoms with E-state index in [1.54, 1.807) is 36.3 Å². The van der Waals surface area contributed by atoms with Gasteiger partial charge >= 0.3 is 0 Å². The number of pyridine rings is 1. The van der Waals surface area contributed by atoms with Gasteiger partial charge in [0.15, 0.2) is 5.82 Å². The molecule has 1 aliphatic heterocycles. The maximum atomic E-state index is 11.2. The highest BCUT2D eigenvalue weighted by Crippen LogP contribution is 2.32. The highest BCUT2D eigenvalue weighted by molar-refractivity contribution is 7.49. The fourth-order valence-corrected chi connectivity index (χ4v) is 3.77. The van der Waals surface area contributed by atoms with E-state index in [4.69, 9.17) is 14.9 Å². The van der Waals surface area contributed by atoms with Crippen molar-refractivity contribution >= 4 is 39.6 Å². The van der Waals surface area contributed by atoms with E-state index in [-0.39, 0.29) is 12.5 Å². The van der Waals surface area contributed by atoms with Crippen LogP contribution in [-0.4, -0.2) is 57.1 Å². The Labute approximate surface area is 238 Å². The lowest BCUT2D eigenvalue weighted by molar-refractivity contribution is 0.134. The normalized spacial score (nSPS) is 14.5. The molecule has 1 aliphatic rings. The van der Waals surface area contributed by atoms with Gasteiger partial charge in [0.1, 0.15) is 22.9 Å². The van der Waals surface area contributed by atoms with Crippen molar-refractivity contribution in [3.8, 4) is 23.0 Å². The van der Waals surface area contributed by atoms with Gasteiger partial charge in [-0.25, -0.2) is 28.4 Å². The number of halogens is 2. The molecule has 1 unspecified atom stereocenters. The number of anilines is 2. The van der Waals surface area contributed by atoms with Crippen molar-refractivity contribution in [1.82, 2.24) is 24.7 Å². The minimum absolute atomic E-state index is 0.0660. The topological polar surface area (TPSA) is 111 Å². The Morgan fingerprint density at radius 3 is 2.67 bits per heavy atom. The summed E-state index contributed by atoms with van der Waals surface area (Å²) in [4.78, 5) is 13.5. The number of fused-ring (bicyclic) bond motifs is 6. The standard InChI is InChI=1S/C22H25N7O2.C5H10F2.BH2P/c1-5-15(14(3)23)16-11-25-20-10-18(16)31-13(2)7-9-30-22-17(12-26-29(22)4)21-24-8-6-19(27-20)28-21;1-2-3-4-5(6)7;1-2/h5-6,8,10-13,23H,7,9H2,1-4H3,(H,24,25,27,28);5H,2-4H2,1H3;2H2/b15-5+,23-14?;;/t13-;;/m0../s1. The van der Waals surface area contributed by atoms with Gasteiger partial charge in [-0.2, -0.15) is 14.2 Å². The Morgan fingerprint density at radius 1 is 1.30 bits per heavy atom. The summed E-state index contributed by atoms with van der Waals surface area (Å²) in [5.74, 6) is 2.95. The van der Waals surface area contributed by atoms with Crippen molar-refractivity contribution in [3.63, 3.8) is 0 Å². The van der Waals surface area contributed by atoms with Crippen LogP contribution in [0.15, 0.2) is 36.8 Å². The van der Waals surface area contributed by atoms with Gasteiger partial charge in [0.05, 0.1) is 26.5 Å². The van der Waals surface area contributed by atoms with Crippen LogP contribution in [0.4, 0.5) is 20.4 Å². The highest BCUT2D eigenvalue weighted by Gasteiger charge is 2.19. The fourth-order valence-electron chi connectivity index (χ4n) is 3.77. The first-order chi connectivity index (χ1) is 19.2. The Morgan fingerprint density at radius 2 is 2.05 bits per heavy atom. The van der Waals surface area contributed by atoms with Crippen LogP contribution in [0.1, 0.15) is 58.9 Å². The van der Waals surface area contributed by atoms with E-state index in [1.165, 1.54) is 0 Å². The van der Waals surface area contributed by atoms with E-state index in [0.717, 1.165) is 23.1 Å². The number of unbranched alkanes of at least 4 members (excludes halogenated alkanes) is 1. The van der Waals surface area contributed by atoms with Crippen molar-refractivity contribution in [2.45, 2.75) is 65.9 Å². The molecule has 4 bridgehead atoms. The minimum atomic E-state index is -2.10. The maximum absolute atomic E-state index is 11.2. The molecule has 2 atom stereocenters. The molecule has 0 aliphatic carbocycles. The third-order valence-corrected chi connectivity index (χ3v) is 5.75. The number of nitrogens with one attached hydrogen (secondary N) is 2. The molecule has 0 saturated carbocycles. The maximum Gasteiger partial charge on any atom is 0.238 e. The van der Waals surface area contributed by atoms with Crippen molar-refractivity contribution in [3.05, 3.63) is 42.4 Å². The number of ether oxygens (including phenoxy) is 2. The van der Waals surface area contributed by atoms with Gasteiger partial charge in [-0.05, 0) is 33.3 Å². The van der Waals surface area contributed by atoms with E-state index in [2.05, 4.69) is 32.9 Å². The molecule has 2 radical (unpaired) electrons. The molecule has 0 fully saturated rings. The fraction of sp³-hybridized carbons (Fsp3) is 0.444. The minimum Gasteiger partial charge on any atom is -0.490 e. The summed E-state index contributed by atoms with van der Waals surface area (Å²) < 4.78 is 36.4. The zero-order valence-electron chi connectivity index (χ0n) is 23.6. The van der Waals surface area contributed by atoms with Gasteiger partial charge in [0.2, 0.25) is 12.3 Å².